The first kappa shape index (κ1) is 12.5. The molecule has 1 aromatic rings. The molecule has 0 bridgehead atoms. The molecule has 19 heavy (non-hydrogen) atoms. The number of hydrogen-bond acceptors (Lipinski definition) is 3. The number of hydrogen-bond donors (Lipinski definition) is 2. The first-order valence-electron chi connectivity index (χ1n) is 6.97. The molecule has 3 rings (SSSR count). The van der Waals surface area contributed by atoms with Gasteiger partial charge in [0.25, 0.3) is 0 Å². The van der Waals surface area contributed by atoms with Gasteiger partial charge in [0.2, 0.25) is 5.91 Å². The molecule has 1 fully saturated rings. The summed E-state index contributed by atoms with van der Waals surface area (Å²) in [5.41, 5.74) is 1.23. The van der Waals surface area contributed by atoms with Crippen molar-refractivity contribution in [3.8, 4) is 5.75 Å². The quantitative estimate of drug-likeness (QED) is 0.851. The average molecular weight is 260 g/mol. The molecule has 0 spiro atoms. The average Bonchev–Trinajstić information content (AvgIpc) is 3.01. The highest BCUT2D eigenvalue weighted by atomic mass is 16.5. The lowest BCUT2D eigenvalue weighted by Crippen LogP contribution is -2.40. The van der Waals surface area contributed by atoms with Gasteiger partial charge in [0.15, 0.2) is 0 Å². The molecular weight excluding hydrogens is 240 g/mol. The van der Waals surface area contributed by atoms with Crippen LogP contribution >= 0.6 is 0 Å². The highest BCUT2D eigenvalue weighted by Crippen LogP contribution is 2.27. The van der Waals surface area contributed by atoms with Gasteiger partial charge in [-0.05, 0) is 24.1 Å². The van der Waals surface area contributed by atoms with Gasteiger partial charge in [0.05, 0.1) is 12.5 Å². The van der Waals surface area contributed by atoms with Crippen LogP contribution in [0.5, 0.6) is 5.75 Å². The highest BCUT2D eigenvalue weighted by molar-refractivity contribution is 5.79. The van der Waals surface area contributed by atoms with Gasteiger partial charge >= 0.3 is 0 Å². The summed E-state index contributed by atoms with van der Waals surface area (Å²) in [7, 11) is 0. The number of carbonyl (C=O) groups excluding carboxylic acids is 1. The number of rotatable bonds is 3. The maximum atomic E-state index is 12.1. The Morgan fingerprint density at radius 2 is 2.26 bits per heavy atom. The van der Waals surface area contributed by atoms with Crippen LogP contribution in [0.1, 0.15) is 12.5 Å². The lowest BCUT2D eigenvalue weighted by molar-refractivity contribution is -0.125. The van der Waals surface area contributed by atoms with Crippen molar-refractivity contribution in [2.45, 2.75) is 19.4 Å². The molecule has 0 saturated carbocycles. The molecule has 3 unspecified atom stereocenters. The monoisotopic (exact) mass is 260 g/mol. The second kappa shape index (κ2) is 5.21. The Hall–Kier alpha value is -1.55. The van der Waals surface area contributed by atoms with Gasteiger partial charge in [-0.15, -0.1) is 0 Å². The van der Waals surface area contributed by atoms with E-state index in [0.717, 1.165) is 25.3 Å². The molecule has 2 heterocycles. The van der Waals surface area contributed by atoms with Crippen molar-refractivity contribution in [1.29, 1.82) is 0 Å². The lowest BCUT2D eigenvalue weighted by Gasteiger charge is -2.16. The van der Waals surface area contributed by atoms with E-state index < -0.39 is 0 Å². The molecule has 1 aromatic carbocycles. The van der Waals surface area contributed by atoms with Crippen molar-refractivity contribution in [2.75, 3.05) is 19.6 Å². The van der Waals surface area contributed by atoms with Crippen LogP contribution in [0.25, 0.3) is 0 Å². The zero-order valence-electron chi connectivity index (χ0n) is 11.2. The second-order valence-electron chi connectivity index (χ2n) is 5.54. The van der Waals surface area contributed by atoms with Gasteiger partial charge in [-0.1, -0.05) is 25.1 Å². The van der Waals surface area contributed by atoms with E-state index in [9.17, 15) is 4.79 Å². The lowest BCUT2D eigenvalue weighted by atomic mass is 9.97. The summed E-state index contributed by atoms with van der Waals surface area (Å²) in [5, 5.41) is 6.28. The summed E-state index contributed by atoms with van der Waals surface area (Å²) < 4.78 is 5.82. The van der Waals surface area contributed by atoms with E-state index in [-0.39, 0.29) is 17.9 Å². The van der Waals surface area contributed by atoms with Gasteiger partial charge in [0, 0.05) is 13.0 Å². The van der Waals surface area contributed by atoms with Crippen molar-refractivity contribution in [2.24, 2.45) is 11.8 Å². The molecule has 2 N–H and O–H groups in total. The molecule has 1 amide bonds. The number of ether oxygens (including phenoxy) is 1. The van der Waals surface area contributed by atoms with E-state index >= 15 is 0 Å². The topological polar surface area (TPSA) is 50.4 Å². The summed E-state index contributed by atoms with van der Waals surface area (Å²) in [6.45, 7) is 4.44. The van der Waals surface area contributed by atoms with Gasteiger partial charge in [-0.25, -0.2) is 0 Å². The SMILES string of the molecule is CC1CNCC1C(=O)NCC1Cc2ccccc2O1. The third-order valence-corrected chi connectivity index (χ3v) is 4.07. The van der Waals surface area contributed by atoms with E-state index in [1.165, 1.54) is 5.56 Å². The fraction of sp³-hybridized carbons (Fsp3) is 0.533. The Kier molecular flexibility index (Phi) is 3.42. The number of nitrogens with one attached hydrogen (secondary N) is 2. The van der Waals surface area contributed by atoms with Crippen LogP contribution in [0.15, 0.2) is 24.3 Å². The Bertz CT molecular complexity index is 450. The molecule has 102 valence electrons. The first-order chi connectivity index (χ1) is 9.24. The largest absolute Gasteiger partial charge is 0.488 e. The number of carbonyl (C=O) groups is 1. The van der Waals surface area contributed by atoms with Crippen LogP contribution in [0, 0.1) is 11.8 Å². The van der Waals surface area contributed by atoms with Crippen molar-refractivity contribution < 1.29 is 9.53 Å². The molecule has 2 aliphatic rings. The van der Waals surface area contributed by atoms with Crippen molar-refractivity contribution in [3.05, 3.63) is 29.8 Å². The zero-order valence-corrected chi connectivity index (χ0v) is 11.2. The standard InChI is InChI=1S/C15H20N2O2/c1-10-7-16-9-13(10)15(18)17-8-12-6-11-4-2-3-5-14(11)19-12/h2-5,10,12-13,16H,6-9H2,1H3,(H,17,18). The van der Waals surface area contributed by atoms with Crippen LogP contribution in [0.4, 0.5) is 0 Å². The van der Waals surface area contributed by atoms with Crippen molar-refractivity contribution in [1.82, 2.24) is 10.6 Å². The van der Waals surface area contributed by atoms with Gasteiger partial charge in [0.1, 0.15) is 11.9 Å². The van der Waals surface area contributed by atoms with E-state index in [1.807, 2.05) is 18.2 Å². The zero-order chi connectivity index (χ0) is 13.2. The molecule has 1 saturated heterocycles. The maximum Gasteiger partial charge on any atom is 0.224 e. The number of fused-ring (bicyclic) bond motifs is 1. The van der Waals surface area contributed by atoms with E-state index in [4.69, 9.17) is 4.74 Å². The molecule has 4 heteroatoms. The van der Waals surface area contributed by atoms with Crippen LogP contribution in [-0.4, -0.2) is 31.6 Å². The van der Waals surface area contributed by atoms with Crippen LogP contribution < -0.4 is 15.4 Å². The third kappa shape index (κ3) is 2.59. The Labute approximate surface area is 113 Å². The van der Waals surface area contributed by atoms with E-state index in [2.05, 4.69) is 23.6 Å². The summed E-state index contributed by atoms with van der Waals surface area (Å²) in [6.07, 6.45) is 0.959. The number of amides is 1. The minimum absolute atomic E-state index is 0.0750. The summed E-state index contributed by atoms with van der Waals surface area (Å²) in [6, 6.07) is 8.07. The summed E-state index contributed by atoms with van der Waals surface area (Å²) in [5.74, 6) is 1.63. The summed E-state index contributed by atoms with van der Waals surface area (Å²) in [4.78, 5) is 12.1. The summed E-state index contributed by atoms with van der Waals surface area (Å²) >= 11 is 0. The number of para-hydroxylation sites is 1. The highest BCUT2D eigenvalue weighted by Gasteiger charge is 2.30. The smallest absolute Gasteiger partial charge is 0.224 e. The second-order valence-corrected chi connectivity index (χ2v) is 5.54. The van der Waals surface area contributed by atoms with Gasteiger partial charge in [-0.2, -0.15) is 0 Å². The fourth-order valence-electron chi connectivity index (χ4n) is 2.87. The number of benzene rings is 1. The molecule has 2 aliphatic heterocycles. The Balaban J connectivity index is 1.50. The molecule has 3 atom stereocenters. The van der Waals surface area contributed by atoms with E-state index in [0.29, 0.717) is 12.5 Å². The Morgan fingerprint density at radius 3 is 3.00 bits per heavy atom. The molecule has 0 radical (unpaired) electrons. The third-order valence-electron chi connectivity index (χ3n) is 4.07. The predicted molar refractivity (Wildman–Crippen MR) is 73.1 cm³/mol. The minimum atomic E-state index is 0.0750. The van der Waals surface area contributed by atoms with Crippen LogP contribution in [-0.2, 0) is 11.2 Å². The molecular formula is C15H20N2O2. The van der Waals surface area contributed by atoms with Crippen LogP contribution in [0.2, 0.25) is 0 Å². The Morgan fingerprint density at radius 1 is 1.42 bits per heavy atom. The van der Waals surface area contributed by atoms with Crippen LogP contribution in [0.3, 0.4) is 0 Å². The molecule has 0 aromatic heterocycles. The first-order valence-corrected chi connectivity index (χ1v) is 6.97. The molecule has 4 nitrogen and oxygen atoms in total. The minimum Gasteiger partial charge on any atom is -0.488 e. The molecule has 0 aliphatic carbocycles. The van der Waals surface area contributed by atoms with E-state index in [1.54, 1.807) is 0 Å². The fourth-order valence-corrected chi connectivity index (χ4v) is 2.87. The van der Waals surface area contributed by atoms with Crippen molar-refractivity contribution in [3.63, 3.8) is 0 Å². The van der Waals surface area contributed by atoms with Crippen molar-refractivity contribution >= 4 is 5.91 Å². The normalized spacial score (nSPS) is 28.8. The van der Waals surface area contributed by atoms with Gasteiger partial charge < -0.3 is 15.4 Å². The predicted octanol–water partition coefficient (Wildman–Crippen LogP) is 0.962. The van der Waals surface area contributed by atoms with Gasteiger partial charge in [-0.3, -0.25) is 4.79 Å². The maximum absolute atomic E-state index is 12.1.